The van der Waals surface area contributed by atoms with E-state index in [1.54, 1.807) is 11.8 Å². The standard InChI is InChI=1S/C15H20O3S/c1-10-3-2-4-12(7-10)19-9-15(18)13-6-5-11(16)8-14(13)17/h5-6,8,10,12,16-17H,2-4,7,9H2,1H3. The minimum atomic E-state index is -0.136. The molecule has 19 heavy (non-hydrogen) atoms. The third-order valence-electron chi connectivity index (χ3n) is 3.62. The zero-order valence-electron chi connectivity index (χ0n) is 11.1. The van der Waals surface area contributed by atoms with Crippen LogP contribution in [0, 0.1) is 5.92 Å². The summed E-state index contributed by atoms with van der Waals surface area (Å²) in [6, 6.07) is 4.12. The monoisotopic (exact) mass is 280 g/mol. The lowest BCUT2D eigenvalue weighted by Gasteiger charge is -2.25. The molecule has 0 amide bonds. The molecule has 2 N–H and O–H groups in total. The van der Waals surface area contributed by atoms with Gasteiger partial charge in [-0.05, 0) is 30.9 Å². The largest absolute Gasteiger partial charge is 0.508 e. The van der Waals surface area contributed by atoms with Crippen molar-refractivity contribution in [1.82, 2.24) is 0 Å². The molecular formula is C15H20O3S. The Kier molecular flexibility index (Phi) is 4.75. The van der Waals surface area contributed by atoms with E-state index in [1.165, 1.54) is 43.9 Å². The average molecular weight is 280 g/mol. The first-order valence-electron chi connectivity index (χ1n) is 6.73. The van der Waals surface area contributed by atoms with Gasteiger partial charge in [-0.2, -0.15) is 11.8 Å². The Morgan fingerprint density at radius 1 is 1.37 bits per heavy atom. The second-order valence-electron chi connectivity index (χ2n) is 5.33. The Balaban J connectivity index is 1.90. The topological polar surface area (TPSA) is 57.5 Å². The van der Waals surface area contributed by atoms with Gasteiger partial charge in [0, 0.05) is 11.3 Å². The molecule has 0 aromatic heterocycles. The van der Waals surface area contributed by atoms with Gasteiger partial charge in [0.1, 0.15) is 11.5 Å². The van der Waals surface area contributed by atoms with E-state index in [0.717, 1.165) is 5.92 Å². The lowest BCUT2D eigenvalue weighted by molar-refractivity contribution is 0.102. The molecule has 1 aromatic rings. The van der Waals surface area contributed by atoms with Gasteiger partial charge in [-0.1, -0.05) is 19.8 Å². The van der Waals surface area contributed by atoms with E-state index >= 15 is 0 Å². The summed E-state index contributed by atoms with van der Waals surface area (Å²) in [6.07, 6.45) is 4.91. The molecule has 2 unspecified atom stereocenters. The van der Waals surface area contributed by atoms with Crippen molar-refractivity contribution in [2.45, 2.75) is 37.9 Å². The molecule has 1 aliphatic rings. The second-order valence-corrected chi connectivity index (χ2v) is 6.62. The van der Waals surface area contributed by atoms with E-state index in [-0.39, 0.29) is 17.3 Å². The van der Waals surface area contributed by atoms with Crippen molar-refractivity contribution in [3.8, 4) is 11.5 Å². The fraction of sp³-hybridized carbons (Fsp3) is 0.533. The minimum absolute atomic E-state index is 0.0252. The predicted octanol–water partition coefficient (Wildman–Crippen LogP) is 3.59. The maximum atomic E-state index is 12.0. The Morgan fingerprint density at radius 2 is 2.16 bits per heavy atom. The van der Waals surface area contributed by atoms with Crippen LogP contribution in [0.25, 0.3) is 0 Å². The summed E-state index contributed by atoms with van der Waals surface area (Å²) in [5.41, 5.74) is 0.300. The number of carbonyl (C=O) groups excluding carboxylic acids is 1. The van der Waals surface area contributed by atoms with Gasteiger partial charge in [-0.3, -0.25) is 4.79 Å². The average Bonchev–Trinajstić information content (AvgIpc) is 2.36. The number of hydrogen-bond acceptors (Lipinski definition) is 4. The Bertz CT molecular complexity index is 459. The molecule has 1 saturated carbocycles. The van der Waals surface area contributed by atoms with Crippen LogP contribution in [0.4, 0.5) is 0 Å². The van der Waals surface area contributed by atoms with Crippen molar-refractivity contribution >= 4 is 17.5 Å². The van der Waals surface area contributed by atoms with Crippen LogP contribution in [0.3, 0.4) is 0 Å². The molecule has 0 spiro atoms. The SMILES string of the molecule is CC1CCCC(SCC(=O)c2ccc(O)cc2O)C1. The van der Waals surface area contributed by atoms with Crippen LogP contribution in [0.5, 0.6) is 11.5 Å². The van der Waals surface area contributed by atoms with E-state index in [9.17, 15) is 15.0 Å². The van der Waals surface area contributed by atoms with Crippen LogP contribution in [-0.2, 0) is 0 Å². The fourth-order valence-corrected chi connectivity index (χ4v) is 3.90. The van der Waals surface area contributed by atoms with E-state index < -0.39 is 0 Å². The number of ketones is 1. The number of hydrogen-bond donors (Lipinski definition) is 2. The molecule has 1 aromatic carbocycles. The lowest BCUT2D eigenvalue weighted by Crippen LogP contribution is -2.17. The molecule has 4 heteroatoms. The molecule has 104 valence electrons. The highest BCUT2D eigenvalue weighted by molar-refractivity contribution is 8.00. The molecule has 0 heterocycles. The summed E-state index contributed by atoms with van der Waals surface area (Å²) in [4.78, 5) is 12.0. The van der Waals surface area contributed by atoms with Gasteiger partial charge >= 0.3 is 0 Å². The van der Waals surface area contributed by atoms with Crippen molar-refractivity contribution in [3.05, 3.63) is 23.8 Å². The molecule has 0 bridgehead atoms. The summed E-state index contributed by atoms with van der Waals surface area (Å²) in [5, 5.41) is 19.4. The van der Waals surface area contributed by atoms with Crippen LogP contribution in [0.2, 0.25) is 0 Å². The van der Waals surface area contributed by atoms with Crippen molar-refractivity contribution in [2.75, 3.05) is 5.75 Å². The van der Waals surface area contributed by atoms with E-state index in [1.807, 2.05) is 0 Å². The van der Waals surface area contributed by atoms with Crippen LogP contribution >= 0.6 is 11.8 Å². The van der Waals surface area contributed by atoms with Crippen LogP contribution in [-0.4, -0.2) is 27.0 Å². The fourth-order valence-electron chi connectivity index (χ4n) is 2.56. The predicted molar refractivity (Wildman–Crippen MR) is 78.0 cm³/mol. The first kappa shape index (κ1) is 14.3. The highest BCUT2D eigenvalue weighted by Gasteiger charge is 2.21. The molecule has 3 nitrogen and oxygen atoms in total. The van der Waals surface area contributed by atoms with Gasteiger partial charge in [0.05, 0.1) is 11.3 Å². The lowest BCUT2D eigenvalue weighted by atomic mass is 9.91. The minimum Gasteiger partial charge on any atom is -0.508 e. The van der Waals surface area contributed by atoms with Gasteiger partial charge in [-0.15, -0.1) is 0 Å². The number of phenolic OH excluding ortho intramolecular Hbond substituents is 2. The number of benzene rings is 1. The molecule has 0 saturated heterocycles. The van der Waals surface area contributed by atoms with Crippen molar-refractivity contribution in [3.63, 3.8) is 0 Å². The van der Waals surface area contributed by atoms with Gasteiger partial charge < -0.3 is 10.2 Å². The first-order chi connectivity index (χ1) is 9.06. The van der Waals surface area contributed by atoms with E-state index in [4.69, 9.17) is 0 Å². The molecule has 2 atom stereocenters. The zero-order valence-corrected chi connectivity index (χ0v) is 11.9. The number of phenols is 2. The highest BCUT2D eigenvalue weighted by Crippen LogP contribution is 2.33. The second kappa shape index (κ2) is 6.33. The summed E-state index contributed by atoms with van der Waals surface area (Å²) in [7, 11) is 0. The Hall–Kier alpha value is -1.16. The molecule has 1 fully saturated rings. The highest BCUT2D eigenvalue weighted by atomic mass is 32.2. The molecule has 0 aliphatic heterocycles. The van der Waals surface area contributed by atoms with Gasteiger partial charge in [0.2, 0.25) is 0 Å². The molecule has 2 rings (SSSR count). The summed E-state index contributed by atoms with van der Waals surface area (Å²) < 4.78 is 0. The summed E-state index contributed by atoms with van der Waals surface area (Å²) in [6.45, 7) is 2.26. The smallest absolute Gasteiger partial charge is 0.176 e. The van der Waals surface area contributed by atoms with Gasteiger partial charge in [-0.25, -0.2) is 0 Å². The van der Waals surface area contributed by atoms with E-state index in [0.29, 0.717) is 16.6 Å². The Morgan fingerprint density at radius 3 is 2.84 bits per heavy atom. The maximum Gasteiger partial charge on any atom is 0.176 e. The maximum absolute atomic E-state index is 12.0. The number of aromatic hydroxyl groups is 2. The number of carbonyl (C=O) groups is 1. The first-order valence-corrected chi connectivity index (χ1v) is 7.78. The number of thioether (sulfide) groups is 1. The molecule has 1 aliphatic carbocycles. The zero-order chi connectivity index (χ0) is 13.8. The van der Waals surface area contributed by atoms with Crippen LogP contribution in [0.15, 0.2) is 18.2 Å². The number of Topliss-reactive ketones (excluding diaryl/α,β-unsaturated/α-hetero) is 1. The summed E-state index contributed by atoms with van der Waals surface area (Å²) in [5.74, 6) is 0.921. The van der Waals surface area contributed by atoms with Crippen molar-refractivity contribution in [1.29, 1.82) is 0 Å². The van der Waals surface area contributed by atoms with Crippen LogP contribution in [0.1, 0.15) is 43.0 Å². The van der Waals surface area contributed by atoms with Crippen LogP contribution < -0.4 is 0 Å². The molecular weight excluding hydrogens is 260 g/mol. The number of rotatable bonds is 4. The quantitative estimate of drug-likeness (QED) is 0.827. The third-order valence-corrected chi connectivity index (χ3v) is 4.95. The third kappa shape index (κ3) is 3.90. The van der Waals surface area contributed by atoms with E-state index in [2.05, 4.69) is 6.92 Å². The Labute approximate surface area is 118 Å². The molecule has 0 radical (unpaired) electrons. The summed E-state index contributed by atoms with van der Waals surface area (Å²) >= 11 is 1.69. The normalized spacial score (nSPS) is 23.2. The van der Waals surface area contributed by atoms with Crippen molar-refractivity contribution in [2.24, 2.45) is 5.92 Å². The van der Waals surface area contributed by atoms with Gasteiger partial charge in [0.25, 0.3) is 0 Å². The van der Waals surface area contributed by atoms with Crippen molar-refractivity contribution < 1.29 is 15.0 Å². The van der Waals surface area contributed by atoms with Gasteiger partial charge in [0.15, 0.2) is 5.78 Å².